The molecule has 96 valence electrons. The summed E-state index contributed by atoms with van der Waals surface area (Å²) in [5, 5.41) is 0. The van der Waals surface area contributed by atoms with Crippen LogP contribution in [0.25, 0.3) is 0 Å². The van der Waals surface area contributed by atoms with Gasteiger partial charge in [-0.25, -0.2) is 13.1 Å². The third kappa shape index (κ3) is 3.01. The highest BCUT2D eigenvalue weighted by Crippen LogP contribution is 2.19. The van der Waals surface area contributed by atoms with E-state index in [0.29, 0.717) is 5.76 Å². The van der Waals surface area contributed by atoms with Gasteiger partial charge in [0, 0.05) is 4.47 Å². The van der Waals surface area contributed by atoms with Crippen molar-refractivity contribution in [2.24, 2.45) is 0 Å². The fourth-order valence-corrected chi connectivity index (χ4v) is 3.34. The van der Waals surface area contributed by atoms with Crippen LogP contribution in [0.2, 0.25) is 0 Å². The minimum Gasteiger partial charge on any atom is -0.468 e. The summed E-state index contributed by atoms with van der Waals surface area (Å²) in [5.74, 6) is 0.577. The maximum atomic E-state index is 12.1. The van der Waals surface area contributed by atoms with Crippen molar-refractivity contribution in [3.8, 4) is 0 Å². The normalized spacial score (nSPS) is 13.4. The summed E-state index contributed by atoms with van der Waals surface area (Å²) < 4.78 is 32.7. The van der Waals surface area contributed by atoms with Crippen LogP contribution < -0.4 is 4.72 Å². The minimum absolute atomic E-state index is 0.218. The van der Waals surface area contributed by atoms with Crippen LogP contribution >= 0.6 is 15.9 Å². The summed E-state index contributed by atoms with van der Waals surface area (Å²) in [4.78, 5) is 0.218. The predicted octanol–water partition coefficient (Wildman–Crippen LogP) is 3.08. The molecule has 6 heteroatoms. The lowest BCUT2D eigenvalue weighted by molar-refractivity contribution is 0.459. The fourth-order valence-electron chi connectivity index (χ4n) is 1.53. The van der Waals surface area contributed by atoms with E-state index in [1.54, 1.807) is 43.3 Å². The SMILES string of the molecule is C[C@H](NS(=O)(=O)c1cccc(Br)c1)c1ccco1. The van der Waals surface area contributed by atoms with Crippen LogP contribution in [0.4, 0.5) is 0 Å². The van der Waals surface area contributed by atoms with E-state index in [1.807, 2.05) is 0 Å². The average molecular weight is 330 g/mol. The van der Waals surface area contributed by atoms with Crippen molar-refractivity contribution in [1.82, 2.24) is 4.72 Å². The first-order valence-electron chi connectivity index (χ1n) is 5.30. The van der Waals surface area contributed by atoms with Gasteiger partial charge in [0.25, 0.3) is 0 Å². The van der Waals surface area contributed by atoms with Crippen molar-refractivity contribution < 1.29 is 12.8 Å². The van der Waals surface area contributed by atoms with Crippen LogP contribution in [0.1, 0.15) is 18.7 Å². The van der Waals surface area contributed by atoms with Crippen LogP contribution in [0, 0.1) is 0 Å². The van der Waals surface area contributed by atoms with Gasteiger partial charge in [-0.15, -0.1) is 0 Å². The fraction of sp³-hybridized carbons (Fsp3) is 0.167. The van der Waals surface area contributed by atoms with E-state index in [9.17, 15) is 8.42 Å². The molecule has 0 unspecified atom stereocenters. The molecule has 0 bridgehead atoms. The van der Waals surface area contributed by atoms with Gasteiger partial charge in [-0.05, 0) is 37.3 Å². The Morgan fingerprint density at radius 3 is 2.67 bits per heavy atom. The molecule has 0 aliphatic carbocycles. The zero-order valence-corrected chi connectivity index (χ0v) is 12.0. The third-order valence-electron chi connectivity index (χ3n) is 2.41. The van der Waals surface area contributed by atoms with Crippen molar-refractivity contribution in [3.05, 3.63) is 52.9 Å². The number of nitrogens with one attached hydrogen (secondary N) is 1. The number of halogens is 1. The van der Waals surface area contributed by atoms with Gasteiger partial charge in [0.15, 0.2) is 0 Å². The van der Waals surface area contributed by atoms with Crippen molar-refractivity contribution in [1.29, 1.82) is 0 Å². The molecular weight excluding hydrogens is 318 g/mol. The first-order valence-corrected chi connectivity index (χ1v) is 7.58. The van der Waals surface area contributed by atoms with Gasteiger partial charge in [0.05, 0.1) is 17.2 Å². The Morgan fingerprint density at radius 2 is 2.06 bits per heavy atom. The minimum atomic E-state index is -3.55. The molecular formula is C12H12BrNO3S. The molecule has 0 spiro atoms. The summed E-state index contributed by atoms with van der Waals surface area (Å²) in [6.07, 6.45) is 1.51. The monoisotopic (exact) mass is 329 g/mol. The summed E-state index contributed by atoms with van der Waals surface area (Å²) in [7, 11) is -3.55. The van der Waals surface area contributed by atoms with E-state index < -0.39 is 16.1 Å². The van der Waals surface area contributed by atoms with E-state index in [1.165, 1.54) is 6.26 Å². The quantitative estimate of drug-likeness (QED) is 0.937. The first-order chi connectivity index (χ1) is 8.49. The molecule has 2 aromatic rings. The maximum Gasteiger partial charge on any atom is 0.241 e. The summed E-state index contributed by atoms with van der Waals surface area (Å²) in [5.41, 5.74) is 0. The topological polar surface area (TPSA) is 59.3 Å². The van der Waals surface area contributed by atoms with Crippen LogP contribution in [0.5, 0.6) is 0 Å². The lowest BCUT2D eigenvalue weighted by Gasteiger charge is -2.12. The van der Waals surface area contributed by atoms with Crippen LogP contribution in [-0.2, 0) is 10.0 Å². The lowest BCUT2D eigenvalue weighted by atomic mass is 10.3. The van der Waals surface area contributed by atoms with Crippen LogP contribution in [-0.4, -0.2) is 8.42 Å². The molecule has 1 aromatic carbocycles. The largest absolute Gasteiger partial charge is 0.468 e. The molecule has 18 heavy (non-hydrogen) atoms. The molecule has 0 aliphatic heterocycles. The standard InChI is InChI=1S/C12H12BrNO3S/c1-9(12-6-3-7-17-12)14-18(15,16)11-5-2-4-10(13)8-11/h2-9,14H,1H3/t9-/m0/s1. The molecule has 0 amide bonds. The number of rotatable bonds is 4. The van der Waals surface area contributed by atoms with Crippen LogP contribution in [0.15, 0.2) is 56.4 Å². The number of benzene rings is 1. The van der Waals surface area contributed by atoms with Gasteiger partial charge < -0.3 is 4.42 Å². The van der Waals surface area contributed by atoms with Crippen molar-refractivity contribution in [2.75, 3.05) is 0 Å². The highest BCUT2D eigenvalue weighted by molar-refractivity contribution is 9.10. The molecule has 1 N–H and O–H groups in total. The Morgan fingerprint density at radius 1 is 1.28 bits per heavy atom. The Balaban J connectivity index is 2.22. The second-order valence-electron chi connectivity index (χ2n) is 3.82. The zero-order valence-electron chi connectivity index (χ0n) is 9.63. The molecule has 1 aromatic heterocycles. The van der Waals surface area contributed by atoms with Crippen LogP contribution in [0.3, 0.4) is 0 Å². The van der Waals surface area contributed by atoms with Gasteiger partial charge in [0.1, 0.15) is 5.76 Å². The van der Waals surface area contributed by atoms with Gasteiger partial charge in [0.2, 0.25) is 10.0 Å². The van der Waals surface area contributed by atoms with Gasteiger partial charge >= 0.3 is 0 Å². The van der Waals surface area contributed by atoms with E-state index in [2.05, 4.69) is 20.7 Å². The lowest BCUT2D eigenvalue weighted by Crippen LogP contribution is -2.26. The smallest absolute Gasteiger partial charge is 0.241 e. The molecule has 0 saturated carbocycles. The first kappa shape index (κ1) is 13.3. The van der Waals surface area contributed by atoms with Crippen molar-refractivity contribution in [2.45, 2.75) is 17.9 Å². The van der Waals surface area contributed by atoms with Crippen molar-refractivity contribution in [3.63, 3.8) is 0 Å². The Bertz CT molecular complexity index is 623. The highest BCUT2D eigenvalue weighted by Gasteiger charge is 2.19. The summed E-state index contributed by atoms with van der Waals surface area (Å²) >= 11 is 3.25. The molecule has 4 nitrogen and oxygen atoms in total. The molecule has 0 radical (unpaired) electrons. The number of hydrogen-bond acceptors (Lipinski definition) is 3. The zero-order chi connectivity index (χ0) is 13.2. The number of hydrogen-bond donors (Lipinski definition) is 1. The summed E-state index contributed by atoms with van der Waals surface area (Å²) in [6, 6.07) is 9.58. The number of furan rings is 1. The van der Waals surface area contributed by atoms with Gasteiger partial charge in [-0.3, -0.25) is 0 Å². The third-order valence-corrected chi connectivity index (χ3v) is 4.44. The Kier molecular flexibility index (Phi) is 3.89. The van der Waals surface area contributed by atoms with Crippen molar-refractivity contribution >= 4 is 26.0 Å². The summed E-state index contributed by atoms with van der Waals surface area (Å²) in [6.45, 7) is 1.73. The maximum absolute atomic E-state index is 12.1. The Hall–Kier alpha value is -1.11. The second-order valence-corrected chi connectivity index (χ2v) is 6.45. The molecule has 1 heterocycles. The molecule has 0 fully saturated rings. The van der Waals surface area contributed by atoms with E-state index in [4.69, 9.17) is 4.42 Å². The molecule has 2 rings (SSSR count). The van der Waals surface area contributed by atoms with E-state index in [0.717, 1.165) is 4.47 Å². The van der Waals surface area contributed by atoms with Gasteiger partial charge in [-0.2, -0.15) is 0 Å². The number of sulfonamides is 1. The average Bonchev–Trinajstić information content (AvgIpc) is 2.82. The molecule has 0 aliphatic rings. The van der Waals surface area contributed by atoms with E-state index >= 15 is 0 Å². The molecule has 0 saturated heterocycles. The highest BCUT2D eigenvalue weighted by atomic mass is 79.9. The second kappa shape index (κ2) is 5.26. The Labute approximate surface area is 114 Å². The predicted molar refractivity (Wildman–Crippen MR) is 71.6 cm³/mol. The molecule has 1 atom stereocenters. The van der Waals surface area contributed by atoms with E-state index in [-0.39, 0.29) is 4.90 Å². The van der Waals surface area contributed by atoms with Gasteiger partial charge in [-0.1, -0.05) is 22.0 Å².